The molecule has 0 spiro atoms. The highest BCUT2D eigenvalue weighted by molar-refractivity contribution is 5.44. The molecule has 1 N–H and O–H groups in total. The van der Waals surface area contributed by atoms with E-state index < -0.39 is 0 Å². The van der Waals surface area contributed by atoms with Gasteiger partial charge in [-0.25, -0.2) is 4.98 Å². The molecule has 1 aliphatic rings. The predicted octanol–water partition coefficient (Wildman–Crippen LogP) is 2.10. The van der Waals surface area contributed by atoms with Crippen molar-refractivity contribution in [2.24, 2.45) is 5.92 Å². The average Bonchev–Trinajstić information content (AvgIpc) is 2.71. The van der Waals surface area contributed by atoms with Gasteiger partial charge in [0.05, 0.1) is 17.7 Å². The summed E-state index contributed by atoms with van der Waals surface area (Å²) in [4.78, 5) is 4.36. The van der Waals surface area contributed by atoms with Gasteiger partial charge in [-0.05, 0) is 32.4 Å². The van der Waals surface area contributed by atoms with Gasteiger partial charge in [-0.2, -0.15) is 5.26 Å². The summed E-state index contributed by atoms with van der Waals surface area (Å²) in [5, 5.41) is 12.2. The Balaban J connectivity index is 1.99. The summed E-state index contributed by atoms with van der Waals surface area (Å²) in [5.41, 5.74) is 1.51. The zero-order valence-electron chi connectivity index (χ0n) is 10.2. The van der Waals surface area contributed by atoms with Crippen LogP contribution in [0.15, 0.2) is 12.1 Å². The Bertz CT molecular complexity index is 439. The number of nitrogens with zero attached hydrogens (tertiary/aromatic N) is 2. The highest BCUT2D eigenvalue weighted by Gasteiger charge is 2.23. The summed E-state index contributed by atoms with van der Waals surface area (Å²) < 4.78 is 5.51. The van der Waals surface area contributed by atoms with Crippen LogP contribution in [0.5, 0.6) is 0 Å². The van der Waals surface area contributed by atoms with E-state index in [1.165, 1.54) is 0 Å². The second kappa shape index (κ2) is 5.15. The van der Waals surface area contributed by atoms with Gasteiger partial charge in [0.2, 0.25) is 0 Å². The number of hydrogen-bond acceptors (Lipinski definition) is 4. The fourth-order valence-electron chi connectivity index (χ4n) is 2.10. The van der Waals surface area contributed by atoms with Crippen molar-refractivity contribution < 1.29 is 4.74 Å². The van der Waals surface area contributed by atoms with Crippen LogP contribution in [-0.2, 0) is 4.74 Å². The Kier molecular flexibility index (Phi) is 3.60. The second-order valence-corrected chi connectivity index (χ2v) is 4.50. The van der Waals surface area contributed by atoms with E-state index in [9.17, 15) is 0 Å². The maximum atomic E-state index is 8.88. The molecule has 0 saturated carbocycles. The van der Waals surface area contributed by atoms with Crippen LogP contribution in [0.2, 0.25) is 0 Å². The van der Waals surface area contributed by atoms with Crippen molar-refractivity contribution in [1.82, 2.24) is 4.98 Å². The van der Waals surface area contributed by atoms with E-state index in [2.05, 4.69) is 23.3 Å². The van der Waals surface area contributed by atoms with Gasteiger partial charge in [0.15, 0.2) is 0 Å². The van der Waals surface area contributed by atoms with Crippen LogP contribution < -0.4 is 5.32 Å². The SMILES string of the molecule is Cc1cc(C#N)cc(NCC2CCOC2C)n1. The van der Waals surface area contributed by atoms with Gasteiger partial charge in [0.25, 0.3) is 0 Å². The van der Waals surface area contributed by atoms with Crippen LogP contribution in [0.1, 0.15) is 24.6 Å². The van der Waals surface area contributed by atoms with Gasteiger partial charge in [-0.15, -0.1) is 0 Å². The highest BCUT2D eigenvalue weighted by atomic mass is 16.5. The summed E-state index contributed by atoms with van der Waals surface area (Å²) in [5.74, 6) is 1.31. The van der Waals surface area contributed by atoms with Crippen LogP contribution in [-0.4, -0.2) is 24.2 Å². The Labute approximate surface area is 102 Å². The van der Waals surface area contributed by atoms with E-state index in [-0.39, 0.29) is 0 Å². The largest absolute Gasteiger partial charge is 0.378 e. The molecule has 17 heavy (non-hydrogen) atoms. The number of aromatic nitrogens is 1. The van der Waals surface area contributed by atoms with E-state index in [4.69, 9.17) is 10.00 Å². The second-order valence-electron chi connectivity index (χ2n) is 4.50. The first-order chi connectivity index (χ1) is 8.19. The topological polar surface area (TPSA) is 57.9 Å². The molecule has 2 atom stereocenters. The Morgan fingerprint density at radius 2 is 2.41 bits per heavy atom. The molecule has 1 aromatic rings. The van der Waals surface area contributed by atoms with E-state index in [1.807, 2.05) is 6.92 Å². The summed E-state index contributed by atoms with van der Waals surface area (Å²) in [6, 6.07) is 5.71. The summed E-state index contributed by atoms with van der Waals surface area (Å²) in [7, 11) is 0. The fraction of sp³-hybridized carbons (Fsp3) is 0.538. The molecular weight excluding hydrogens is 214 g/mol. The molecule has 2 rings (SSSR count). The smallest absolute Gasteiger partial charge is 0.127 e. The van der Waals surface area contributed by atoms with Crippen molar-refractivity contribution in [2.75, 3.05) is 18.5 Å². The number of nitrogens with one attached hydrogen (secondary N) is 1. The molecule has 1 fully saturated rings. The fourth-order valence-corrected chi connectivity index (χ4v) is 2.10. The summed E-state index contributed by atoms with van der Waals surface area (Å²) >= 11 is 0. The third kappa shape index (κ3) is 2.95. The summed E-state index contributed by atoms with van der Waals surface area (Å²) in [6.07, 6.45) is 1.40. The lowest BCUT2D eigenvalue weighted by molar-refractivity contribution is 0.108. The quantitative estimate of drug-likeness (QED) is 0.865. The van der Waals surface area contributed by atoms with Crippen LogP contribution in [0.3, 0.4) is 0 Å². The van der Waals surface area contributed by atoms with Gasteiger partial charge in [-0.3, -0.25) is 0 Å². The first-order valence-electron chi connectivity index (χ1n) is 5.93. The predicted molar refractivity (Wildman–Crippen MR) is 65.7 cm³/mol. The molecular formula is C13H17N3O. The van der Waals surface area contributed by atoms with E-state index >= 15 is 0 Å². The van der Waals surface area contributed by atoms with E-state index in [1.54, 1.807) is 12.1 Å². The third-order valence-electron chi connectivity index (χ3n) is 3.16. The molecule has 1 aliphatic heterocycles. The minimum absolute atomic E-state index is 0.308. The van der Waals surface area contributed by atoms with Crippen molar-refractivity contribution in [3.05, 3.63) is 23.4 Å². The molecule has 0 radical (unpaired) electrons. The molecule has 1 saturated heterocycles. The molecule has 2 unspecified atom stereocenters. The van der Waals surface area contributed by atoms with Gasteiger partial charge >= 0.3 is 0 Å². The lowest BCUT2D eigenvalue weighted by Crippen LogP contribution is -2.21. The monoisotopic (exact) mass is 231 g/mol. The normalized spacial score (nSPS) is 23.4. The molecule has 2 heterocycles. The molecule has 4 heteroatoms. The number of pyridine rings is 1. The molecule has 4 nitrogen and oxygen atoms in total. The Hall–Kier alpha value is -1.60. The number of anilines is 1. The van der Waals surface area contributed by atoms with Gasteiger partial charge in [0, 0.05) is 24.8 Å². The first kappa shape index (κ1) is 11.9. The minimum atomic E-state index is 0.308. The number of ether oxygens (including phenoxy) is 1. The van der Waals surface area contributed by atoms with Crippen molar-refractivity contribution in [2.45, 2.75) is 26.4 Å². The molecule has 0 amide bonds. The number of nitriles is 1. The summed E-state index contributed by atoms with van der Waals surface area (Å²) in [6.45, 7) is 5.69. The zero-order valence-corrected chi connectivity index (χ0v) is 10.2. The highest BCUT2D eigenvalue weighted by Crippen LogP contribution is 2.21. The average molecular weight is 231 g/mol. The Morgan fingerprint density at radius 3 is 3.06 bits per heavy atom. The molecule has 0 aliphatic carbocycles. The van der Waals surface area contributed by atoms with E-state index in [0.29, 0.717) is 17.6 Å². The van der Waals surface area contributed by atoms with Gasteiger partial charge in [-0.1, -0.05) is 0 Å². The number of aryl methyl sites for hydroxylation is 1. The lowest BCUT2D eigenvalue weighted by atomic mass is 10.0. The van der Waals surface area contributed by atoms with Gasteiger partial charge < -0.3 is 10.1 Å². The minimum Gasteiger partial charge on any atom is -0.378 e. The van der Waals surface area contributed by atoms with E-state index in [0.717, 1.165) is 31.1 Å². The lowest BCUT2D eigenvalue weighted by Gasteiger charge is -2.15. The van der Waals surface area contributed by atoms with Crippen molar-refractivity contribution in [3.8, 4) is 6.07 Å². The first-order valence-corrected chi connectivity index (χ1v) is 5.93. The molecule has 90 valence electrons. The van der Waals surface area contributed by atoms with Crippen LogP contribution in [0.4, 0.5) is 5.82 Å². The van der Waals surface area contributed by atoms with Crippen LogP contribution >= 0.6 is 0 Å². The standard InChI is InChI=1S/C13H17N3O/c1-9-5-11(7-14)6-13(16-9)15-8-12-3-4-17-10(12)2/h5-6,10,12H,3-4,8H2,1-2H3,(H,15,16). The van der Waals surface area contributed by atoms with Crippen molar-refractivity contribution in [3.63, 3.8) is 0 Å². The zero-order chi connectivity index (χ0) is 12.3. The molecule has 1 aromatic heterocycles. The maximum absolute atomic E-state index is 8.88. The molecule has 0 bridgehead atoms. The van der Waals surface area contributed by atoms with Crippen molar-refractivity contribution >= 4 is 5.82 Å². The third-order valence-corrected chi connectivity index (χ3v) is 3.16. The Morgan fingerprint density at radius 1 is 1.59 bits per heavy atom. The van der Waals surface area contributed by atoms with Crippen LogP contribution in [0, 0.1) is 24.2 Å². The number of rotatable bonds is 3. The van der Waals surface area contributed by atoms with Gasteiger partial charge in [0.1, 0.15) is 5.82 Å². The molecule has 0 aromatic carbocycles. The van der Waals surface area contributed by atoms with Crippen molar-refractivity contribution in [1.29, 1.82) is 5.26 Å². The maximum Gasteiger partial charge on any atom is 0.127 e. The van der Waals surface area contributed by atoms with Crippen LogP contribution in [0.25, 0.3) is 0 Å². The number of hydrogen-bond donors (Lipinski definition) is 1.